The SMILES string of the molecule is COc1cccc2c1[C@H](CC(=O)O)CO2. The summed E-state index contributed by atoms with van der Waals surface area (Å²) in [5.41, 5.74) is 0.877. The topological polar surface area (TPSA) is 55.8 Å². The summed E-state index contributed by atoms with van der Waals surface area (Å²) in [7, 11) is 1.58. The molecular formula is C11H12O4. The second-order valence-electron chi connectivity index (χ2n) is 3.48. The van der Waals surface area contributed by atoms with E-state index in [9.17, 15) is 4.79 Å². The summed E-state index contributed by atoms with van der Waals surface area (Å²) >= 11 is 0. The van der Waals surface area contributed by atoms with Crippen LogP contribution in [-0.2, 0) is 4.79 Å². The molecular weight excluding hydrogens is 196 g/mol. The molecule has 0 unspecified atom stereocenters. The van der Waals surface area contributed by atoms with Crippen LogP contribution in [0.1, 0.15) is 17.9 Å². The van der Waals surface area contributed by atoms with E-state index < -0.39 is 5.97 Å². The van der Waals surface area contributed by atoms with E-state index in [-0.39, 0.29) is 12.3 Å². The number of aliphatic carboxylic acids is 1. The average molecular weight is 208 g/mol. The lowest BCUT2D eigenvalue weighted by Crippen LogP contribution is -2.08. The fourth-order valence-corrected chi connectivity index (χ4v) is 1.88. The quantitative estimate of drug-likeness (QED) is 0.820. The Labute approximate surface area is 87.4 Å². The fourth-order valence-electron chi connectivity index (χ4n) is 1.88. The van der Waals surface area contributed by atoms with Crippen molar-refractivity contribution in [3.63, 3.8) is 0 Å². The molecule has 1 N–H and O–H groups in total. The maximum Gasteiger partial charge on any atom is 0.304 e. The minimum absolute atomic E-state index is 0.0768. The van der Waals surface area contributed by atoms with Gasteiger partial charge in [0.1, 0.15) is 11.5 Å². The summed E-state index contributed by atoms with van der Waals surface area (Å²) in [5.74, 6) is 0.521. The van der Waals surface area contributed by atoms with Crippen LogP contribution in [0.5, 0.6) is 11.5 Å². The van der Waals surface area contributed by atoms with Crippen molar-refractivity contribution in [1.82, 2.24) is 0 Å². The Balaban J connectivity index is 2.35. The molecule has 0 aliphatic carbocycles. The predicted octanol–water partition coefficient (Wildman–Crippen LogP) is 1.65. The van der Waals surface area contributed by atoms with Gasteiger partial charge in [-0.1, -0.05) is 6.07 Å². The number of ether oxygens (including phenoxy) is 2. The zero-order chi connectivity index (χ0) is 10.8. The van der Waals surface area contributed by atoms with Crippen molar-refractivity contribution in [1.29, 1.82) is 0 Å². The van der Waals surface area contributed by atoms with E-state index in [4.69, 9.17) is 14.6 Å². The van der Waals surface area contributed by atoms with Crippen LogP contribution in [0.4, 0.5) is 0 Å². The van der Waals surface area contributed by atoms with Crippen LogP contribution in [0.15, 0.2) is 18.2 Å². The fraction of sp³-hybridized carbons (Fsp3) is 0.364. The maximum atomic E-state index is 10.7. The molecule has 1 aliphatic heterocycles. The molecule has 80 valence electrons. The minimum Gasteiger partial charge on any atom is -0.496 e. The lowest BCUT2D eigenvalue weighted by molar-refractivity contribution is -0.137. The van der Waals surface area contributed by atoms with Crippen molar-refractivity contribution >= 4 is 5.97 Å². The van der Waals surface area contributed by atoms with Crippen molar-refractivity contribution in [3.8, 4) is 11.5 Å². The van der Waals surface area contributed by atoms with Gasteiger partial charge >= 0.3 is 5.97 Å². The summed E-state index contributed by atoms with van der Waals surface area (Å²) in [6, 6.07) is 5.49. The lowest BCUT2D eigenvalue weighted by Gasteiger charge is -2.09. The molecule has 2 rings (SSSR count). The third kappa shape index (κ3) is 1.75. The Bertz CT molecular complexity index is 386. The number of hydrogen-bond acceptors (Lipinski definition) is 3. The van der Waals surface area contributed by atoms with Gasteiger partial charge in [0.15, 0.2) is 0 Å². The zero-order valence-corrected chi connectivity index (χ0v) is 8.40. The van der Waals surface area contributed by atoms with Crippen LogP contribution in [0, 0.1) is 0 Å². The number of carboxylic acid groups (broad SMARTS) is 1. The van der Waals surface area contributed by atoms with E-state index in [1.54, 1.807) is 7.11 Å². The zero-order valence-electron chi connectivity index (χ0n) is 8.40. The van der Waals surface area contributed by atoms with Gasteiger partial charge in [0.25, 0.3) is 0 Å². The molecule has 0 spiro atoms. The second kappa shape index (κ2) is 3.81. The lowest BCUT2D eigenvalue weighted by atomic mass is 9.97. The van der Waals surface area contributed by atoms with E-state index in [1.165, 1.54) is 0 Å². The van der Waals surface area contributed by atoms with Crippen LogP contribution in [0.3, 0.4) is 0 Å². The molecule has 1 atom stereocenters. The first-order chi connectivity index (χ1) is 7.22. The molecule has 0 radical (unpaired) electrons. The average Bonchev–Trinajstić information content (AvgIpc) is 2.61. The molecule has 0 saturated carbocycles. The van der Waals surface area contributed by atoms with Gasteiger partial charge in [-0.05, 0) is 12.1 Å². The van der Waals surface area contributed by atoms with Gasteiger partial charge in [0.2, 0.25) is 0 Å². The van der Waals surface area contributed by atoms with Crippen molar-refractivity contribution in [2.45, 2.75) is 12.3 Å². The first-order valence-electron chi connectivity index (χ1n) is 4.74. The van der Waals surface area contributed by atoms with Gasteiger partial charge in [-0.2, -0.15) is 0 Å². The third-order valence-electron chi connectivity index (χ3n) is 2.52. The number of hydrogen-bond donors (Lipinski definition) is 1. The van der Waals surface area contributed by atoms with Gasteiger partial charge in [-0.25, -0.2) is 0 Å². The number of carboxylic acids is 1. The predicted molar refractivity (Wildman–Crippen MR) is 53.5 cm³/mol. The highest BCUT2D eigenvalue weighted by atomic mass is 16.5. The molecule has 0 aromatic heterocycles. The van der Waals surface area contributed by atoms with E-state index >= 15 is 0 Å². The first-order valence-corrected chi connectivity index (χ1v) is 4.74. The highest BCUT2D eigenvalue weighted by molar-refractivity contribution is 5.69. The highest BCUT2D eigenvalue weighted by Gasteiger charge is 2.29. The normalized spacial score (nSPS) is 18.1. The van der Waals surface area contributed by atoms with Crippen LogP contribution in [0.2, 0.25) is 0 Å². The molecule has 4 nitrogen and oxygen atoms in total. The number of rotatable bonds is 3. The Hall–Kier alpha value is -1.71. The Kier molecular flexibility index (Phi) is 2.49. The van der Waals surface area contributed by atoms with E-state index in [1.807, 2.05) is 18.2 Å². The number of methoxy groups -OCH3 is 1. The molecule has 15 heavy (non-hydrogen) atoms. The van der Waals surface area contributed by atoms with Crippen LogP contribution >= 0.6 is 0 Å². The van der Waals surface area contributed by atoms with Crippen molar-refractivity contribution in [2.75, 3.05) is 13.7 Å². The largest absolute Gasteiger partial charge is 0.496 e. The Morgan fingerprint density at radius 3 is 3.13 bits per heavy atom. The van der Waals surface area contributed by atoms with Crippen molar-refractivity contribution in [3.05, 3.63) is 23.8 Å². The summed E-state index contributed by atoms with van der Waals surface area (Å²) in [6.07, 6.45) is 0.0768. The van der Waals surface area contributed by atoms with Gasteiger partial charge < -0.3 is 14.6 Å². The molecule has 1 aromatic carbocycles. The summed E-state index contributed by atoms with van der Waals surface area (Å²) in [5, 5.41) is 8.77. The van der Waals surface area contributed by atoms with E-state index in [2.05, 4.69) is 0 Å². The van der Waals surface area contributed by atoms with Crippen LogP contribution in [0.25, 0.3) is 0 Å². The highest BCUT2D eigenvalue weighted by Crippen LogP contribution is 2.41. The molecule has 0 bridgehead atoms. The monoisotopic (exact) mass is 208 g/mol. The summed E-state index contributed by atoms with van der Waals surface area (Å²) in [4.78, 5) is 10.7. The standard InChI is InChI=1S/C11H12O4/c1-14-8-3-2-4-9-11(8)7(6-15-9)5-10(12)13/h2-4,7H,5-6H2,1H3,(H,12,13)/t7-/m1/s1. The Morgan fingerprint density at radius 2 is 2.47 bits per heavy atom. The van der Waals surface area contributed by atoms with Crippen LogP contribution in [-0.4, -0.2) is 24.8 Å². The minimum atomic E-state index is -0.817. The second-order valence-corrected chi connectivity index (χ2v) is 3.48. The van der Waals surface area contributed by atoms with E-state index in [0.717, 1.165) is 11.3 Å². The van der Waals surface area contributed by atoms with Crippen LogP contribution < -0.4 is 9.47 Å². The summed E-state index contributed by atoms with van der Waals surface area (Å²) < 4.78 is 10.6. The van der Waals surface area contributed by atoms with Gasteiger partial charge in [0, 0.05) is 11.5 Å². The van der Waals surface area contributed by atoms with Gasteiger partial charge in [-0.3, -0.25) is 4.79 Å². The molecule has 0 amide bonds. The van der Waals surface area contributed by atoms with Crippen molar-refractivity contribution in [2.24, 2.45) is 0 Å². The molecule has 0 fully saturated rings. The van der Waals surface area contributed by atoms with Gasteiger partial charge in [0.05, 0.1) is 20.1 Å². The van der Waals surface area contributed by atoms with E-state index in [0.29, 0.717) is 12.4 Å². The first kappa shape index (κ1) is 9.83. The number of carbonyl (C=O) groups is 1. The third-order valence-corrected chi connectivity index (χ3v) is 2.52. The molecule has 1 aliphatic rings. The molecule has 1 aromatic rings. The van der Waals surface area contributed by atoms with Gasteiger partial charge in [-0.15, -0.1) is 0 Å². The number of fused-ring (bicyclic) bond motifs is 1. The maximum absolute atomic E-state index is 10.7. The Morgan fingerprint density at radius 1 is 1.67 bits per heavy atom. The number of benzene rings is 1. The molecule has 0 saturated heterocycles. The summed E-state index contributed by atoms with van der Waals surface area (Å²) in [6.45, 7) is 0.419. The molecule has 4 heteroatoms. The molecule has 1 heterocycles. The van der Waals surface area contributed by atoms with Crippen molar-refractivity contribution < 1.29 is 19.4 Å². The smallest absolute Gasteiger partial charge is 0.304 e.